The van der Waals surface area contributed by atoms with Gasteiger partial charge in [-0.15, -0.1) is 0 Å². The van der Waals surface area contributed by atoms with Crippen LogP contribution in [-0.4, -0.2) is 18.9 Å². The topological polar surface area (TPSA) is 24.4 Å². The molecule has 0 unspecified atom stereocenters. The second kappa shape index (κ2) is 3.32. The lowest BCUT2D eigenvalue weighted by atomic mass is 9.75. The van der Waals surface area contributed by atoms with E-state index in [9.17, 15) is 0 Å². The van der Waals surface area contributed by atoms with Crippen LogP contribution in [0.2, 0.25) is 0 Å². The third-order valence-electron chi connectivity index (χ3n) is 2.29. The predicted octanol–water partition coefficient (Wildman–Crippen LogP) is 2.45. The quantitative estimate of drug-likeness (QED) is 0.697. The van der Waals surface area contributed by atoms with Gasteiger partial charge in [-0.3, -0.25) is 4.99 Å². The van der Waals surface area contributed by atoms with E-state index >= 15 is 0 Å². The van der Waals surface area contributed by atoms with E-state index in [4.69, 9.17) is 0 Å². The van der Waals surface area contributed by atoms with Crippen molar-refractivity contribution in [2.24, 2.45) is 15.8 Å². The summed E-state index contributed by atoms with van der Waals surface area (Å²) in [5, 5.41) is 3.37. The van der Waals surface area contributed by atoms with Gasteiger partial charge in [-0.25, -0.2) is 0 Å². The van der Waals surface area contributed by atoms with Crippen molar-refractivity contribution in [3.8, 4) is 0 Å². The molecule has 0 aromatic rings. The van der Waals surface area contributed by atoms with Gasteiger partial charge in [-0.1, -0.05) is 34.6 Å². The van der Waals surface area contributed by atoms with E-state index in [1.165, 1.54) is 12.3 Å². The minimum atomic E-state index is 0.203. The Hall–Kier alpha value is -0.530. The summed E-state index contributed by atoms with van der Waals surface area (Å²) in [5.74, 6) is 1.20. The van der Waals surface area contributed by atoms with E-state index < -0.39 is 0 Å². The van der Waals surface area contributed by atoms with E-state index in [1.54, 1.807) is 0 Å². The number of hydrogen-bond acceptors (Lipinski definition) is 2. The molecule has 76 valence electrons. The summed E-state index contributed by atoms with van der Waals surface area (Å²) in [6.07, 6.45) is 1.17. The van der Waals surface area contributed by atoms with Crippen LogP contribution >= 0.6 is 0 Å². The first kappa shape index (κ1) is 10.6. The molecule has 0 aromatic heterocycles. The Bertz CT molecular complexity index is 209. The molecule has 1 aliphatic heterocycles. The molecule has 13 heavy (non-hydrogen) atoms. The molecule has 0 fully saturated rings. The molecule has 0 saturated carbocycles. The fourth-order valence-corrected chi connectivity index (χ4v) is 2.26. The van der Waals surface area contributed by atoms with Crippen molar-refractivity contribution >= 4 is 5.84 Å². The lowest BCUT2D eigenvalue weighted by molar-refractivity contribution is 0.276. The number of amidine groups is 1. The summed E-state index contributed by atoms with van der Waals surface area (Å²) < 4.78 is 0. The van der Waals surface area contributed by atoms with E-state index in [1.807, 2.05) is 0 Å². The maximum absolute atomic E-state index is 4.50. The van der Waals surface area contributed by atoms with Crippen molar-refractivity contribution in [3.63, 3.8) is 0 Å². The number of nitrogens with one attached hydrogen (secondary N) is 1. The number of hydrogen-bond donors (Lipinski definition) is 1. The first-order chi connectivity index (χ1) is 5.81. The zero-order valence-electron chi connectivity index (χ0n) is 9.57. The van der Waals surface area contributed by atoms with E-state index in [0.717, 1.165) is 13.1 Å². The summed E-state index contributed by atoms with van der Waals surface area (Å²) in [5.41, 5.74) is 0.574. The van der Waals surface area contributed by atoms with Gasteiger partial charge in [0.15, 0.2) is 0 Å². The van der Waals surface area contributed by atoms with Gasteiger partial charge in [0, 0.05) is 12.0 Å². The Morgan fingerprint density at radius 2 is 1.85 bits per heavy atom. The summed E-state index contributed by atoms with van der Waals surface area (Å²) in [7, 11) is 0. The normalized spacial score (nSPS) is 18.4. The molecular weight excluding hydrogens is 160 g/mol. The van der Waals surface area contributed by atoms with E-state index in [2.05, 4.69) is 44.9 Å². The molecule has 2 nitrogen and oxygen atoms in total. The van der Waals surface area contributed by atoms with Crippen LogP contribution < -0.4 is 5.32 Å². The fourth-order valence-electron chi connectivity index (χ4n) is 2.26. The SMILES string of the molecule is CC(C)(C)CC(C)(C)C1=NCCN1. The van der Waals surface area contributed by atoms with Crippen LogP contribution in [0.1, 0.15) is 41.0 Å². The third-order valence-corrected chi connectivity index (χ3v) is 2.29. The zero-order valence-corrected chi connectivity index (χ0v) is 9.57. The molecule has 1 N–H and O–H groups in total. The Balaban J connectivity index is 2.65. The maximum atomic E-state index is 4.50. The van der Waals surface area contributed by atoms with Gasteiger partial charge in [0.1, 0.15) is 5.84 Å². The van der Waals surface area contributed by atoms with Crippen LogP contribution in [0.25, 0.3) is 0 Å². The predicted molar refractivity (Wildman–Crippen MR) is 58.2 cm³/mol. The largest absolute Gasteiger partial charge is 0.372 e. The average Bonchev–Trinajstić information content (AvgIpc) is 2.29. The van der Waals surface area contributed by atoms with E-state index in [-0.39, 0.29) is 5.41 Å². The standard InChI is InChI=1S/C11H22N2/c1-10(2,3)8-11(4,5)9-12-6-7-13-9/h6-8H2,1-5H3,(H,12,13). The highest BCUT2D eigenvalue weighted by molar-refractivity contribution is 5.88. The Kier molecular flexibility index (Phi) is 2.69. The van der Waals surface area contributed by atoms with Gasteiger partial charge < -0.3 is 5.32 Å². The van der Waals surface area contributed by atoms with Crippen molar-refractivity contribution in [2.75, 3.05) is 13.1 Å². The highest BCUT2D eigenvalue weighted by atomic mass is 15.1. The second-order valence-electron chi connectivity index (χ2n) is 5.78. The van der Waals surface area contributed by atoms with Crippen molar-refractivity contribution in [2.45, 2.75) is 41.0 Å². The molecule has 1 rings (SSSR count). The van der Waals surface area contributed by atoms with Crippen LogP contribution in [0, 0.1) is 10.8 Å². The first-order valence-corrected chi connectivity index (χ1v) is 5.10. The molecular formula is C11H22N2. The van der Waals surface area contributed by atoms with Crippen molar-refractivity contribution in [1.82, 2.24) is 5.32 Å². The minimum Gasteiger partial charge on any atom is -0.372 e. The van der Waals surface area contributed by atoms with Crippen LogP contribution in [0.5, 0.6) is 0 Å². The number of rotatable bonds is 2. The smallest absolute Gasteiger partial charge is 0.102 e. The second-order valence-corrected chi connectivity index (χ2v) is 5.78. The monoisotopic (exact) mass is 182 g/mol. The van der Waals surface area contributed by atoms with Gasteiger partial charge in [0.2, 0.25) is 0 Å². The van der Waals surface area contributed by atoms with Gasteiger partial charge in [-0.05, 0) is 11.8 Å². The first-order valence-electron chi connectivity index (χ1n) is 5.10. The van der Waals surface area contributed by atoms with Gasteiger partial charge >= 0.3 is 0 Å². The fraction of sp³-hybridized carbons (Fsp3) is 0.909. The Labute approximate surface area is 81.8 Å². The van der Waals surface area contributed by atoms with Crippen LogP contribution in [-0.2, 0) is 0 Å². The van der Waals surface area contributed by atoms with Crippen LogP contribution in [0.4, 0.5) is 0 Å². The molecule has 0 amide bonds. The molecule has 0 aliphatic carbocycles. The third kappa shape index (κ3) is 3.02. The molecule has 0 aromatic carbocycles. The molecule has 0 spiro atoms. The molecule has 2 heteroatoms. The molecule has 0 saturated heterocycles. The summed E-state index contributed by atoms with van der Waals surface area (Å²) in [4.78, 5) is 4.50. The highest BCUT2D eigenvalue weighted by Crippen LogP contribution is 2.34. The summed E-state index contributed by atoms with van der Waals surface area (Å²) in [6, 6.07) is 0. The molecule has 0 radical (unpaired) electrons. The number of nitrogens with zero attached hydrogens (tertiary/aromatic N) is 1. The molecule has 0 bridgehead atoms. The highest BCUT2D eigenvalue weighted by Gasteiger charge is 2.31. The van der Waals surface area contributed by atoms with Crippen molar-refractivity contribution in [3.05, 3.63) is 0 Å². The van der Waals surface area contributed by atoms with Gasteiger partial charge in [0.25, 0.3) is 0 Å². The average molecular weight is 182 g/mol. The van der Waals surface area contributed by atoms with Crippen molar-refractivity contribution < 1.29 is 0 Å². The lowest BCUT2D eigenvalue weighted by Gasteiger charge is -2.32. The molecule has 1 heterocycles. The van der Waals surface area contributed by atoms with Crippen molar-refractivity contribution in [1.29, 1.82) is 0 Å². The maximum Gasteiger partial charge on any atom is 0.102 e. The Morgan fingerprint density at radius 1 is 1.23 bits per heavy atom. The zero-order chi connectivity index (χ0) is 10.1. The molecule has 0 atom stereocenters. The lowest BCUT2D eigenvalue weighted by Crippen LogP contribution is -2.36. The summed E-state index contributed by atoms with van der Waals surface area (Å²) >= 11 is 0. The van der Waals surface area contributed by atoms with Crippen LogP contribution in [0.15, 0.2) is 4.99 Å². The van der Waals surface area contributed by atoms with Gasteiger partial charge in [0.05, 0.1) is 6.54 Å². The van der Waals surface area contributed by atoms with Gasteiger partial charge in [-0.2, -0.15) is 0 Å². The Morgan fingerprint density at radius 3 is 2.23 bits per heavy atom. The minimum absolute atomic E-state index is 0.203. The van der Waals surface area contributed by atoms with E-state index in [0.29, 0.717) is 5.41 Å². The molecule has 1 aliphatic rings. The summed E-state index contributed by atoms with van der Waals surface area (Å²) in [6.45, 7) is 13.4. The van der Waals surface area contributed by atoms with Crippen LogP contribution in [0.3, 0.4) is 0 Å². The number of aliphatic imine (C=N–C) groups is 1.